The SMILES string of the molecule is Cc1ccc(-n2cccc2C=O)cc1. The fraction of sp³-hybridized carbons (Fsp3) is 0.0833. The van der Waals surface area contributed by atoms with Crippen LogP contribution in [0.3, 0.4) is 0 Å². The van der Waals surface area contributed by atoms with Gasteiger partial charge >= 0.3 is 0 Å². The number of benzene rings is 1. The lowest BCUT2D eigenvalue weighted by molar-refractivity contribution is 0.111. The fourth-order valence-corrected chi connectivity index (χ4v) is 1.43. The highest BCUT2D eigenvalue weighted by Crippen LogP contribution is 2.12. The number of hydrogen-bond donors (Lipinski definition) is 0. The molecule has 70 valence electrons. The molecule has 0 aliphatic rings. The summed E-state index contributed by atoms with van der Waals surface area (Å²) in [5.41, 5.74) is 2.91. The Morgan fingerprint density at radius 1 is 1.14 bits per heavy atom. The largest absolute Gasteiger partial charge is 0.314 e. The van der Waals surface area contributed by atoms with Crippen LogP contribution in [-0.2, 0) is 0 Å². The van der Waals surface area contributed by atoms with Gasteiger partial charge in [-0.2, -0.15) is 0 Å². The van der Waals surface area contributed by atoms with Crippen molar-refractivity contribution in [3.8, 4) is 5.69 Å². The minimum absolute atomic E-state index is 0.675. The van der Waals surface area contributed by atoms with E-state index in [4.69, 9.17) is 0 Å². The van der Waals surface area contributed by atoms with Crippen LogP contribution >= 0.6 is 0 Å². The fourth-order valence-electron chi connectivity index (χ4n) is 1.43. The Bertz CT molecular complexity index is 440. The standard InChI is InChI=1S/C12H11NO/c1-10-4-6-11(7-5-10)13-8-2-3-12(13)9-14/h2-9H,1H3. The van der Waals surface area contributed by atoms with E-state index in [1.807, 2.05) is 48.0 Å². The third kappa shape index (κ3) is 1.46. The van der Waals surface area contributed by atoms with Gasteiger partial charge in [0.25, 0.3) is 0 Å². The molecule has 0 spiro atoms. The summed E-state index contributed by atoms with van der Waals surface area (Å²) in [5.74, 6) is 0. The van der Waals surface area contributed by atoms with Crippen molar-refractivity contribution < 1.29 is 4.79 Å². The molecule has 2 aromatic rings. The van der Waals surface area contributed by atoms with Gasteiger partial charge in [-0.3, -0.25) is 4.79 Å². The number of hydrogen-bond acceptors (Lipinski definition) is 1. The Labute approximate surface area is 82.8 Å². The predicted octanol–water partition coefficient (Wildman–Crippen LogP) is 2.60. The van der Waals surface area contributed by atoms with Crippen LogP contribution < -0.4 is 0 Å². The molecule has 0 bridgehead atoms. The molecule has 0 saturated carbocycles. The van der Waals surface area contributed by atoms with Gasteiger partial charge in [-0.15, -0.1) is 0 Å². The number of aldehydes is 1. The number of nitrogens with zero attached hydrogens (tertiary/aromatic N) is 1. The molecule has 0 unspecified atom stereocenters. The first-order valence-electron chi connectivity index (χ1n) is 4.51. The maximum atomic E-state index is 10.7. The van der Waals surface area contributed by atoms with Gasteiger partial charge in [0.1, 0.15) is 0 Å². The molecule has 2 nitrogen and oxygen atoms in total. The number of aryl methyl sites for hydroxylation is 1. The van der Waals surface area contributed by atoms with Gasteiger partial charge in [0.2, 0.25) is 0 Å². The Morgan fingerprint density at radius 3 is 2.50 bits per heavy atom. The molecule has 0 atom stereocenters. The second-order valence-electron chi connectivity index (χ2n) is 3.26. The van der Waals surface area contributed by atoms with Crippen molar-refractivity contribution in [3.63, 3.8) is 0 Å². The molecular formula is C12H11NO. The summed E-state index contributed by atoms with van der Waals surface area (Å²) in [6.07, 6.45) is 2.74. The summed E-state index contributed by atoms with van der Waals surface area (Å²) >= 11 is 0. The quantitative estimate of drug-likeness (QED) is 0.659. The molecule has 2 rings (SSSR count). The topological polar surface area (TPSA) is 22.0 Å². The van der Waals surface area contributed by atoms with E-state index in [9.17, 15) is 4.79 Å². The number of carbonyl (C=O) groups is 1. The maximum Gasteiger partial charge on any atom is 0.166 e. The molecule has 14 heavy (non-hydrogen) atoms. The van der Waals surface area contributed by atoms with Crippen LogP contribution in [0.15, 0.2) is 42.6 Å². The van der Waals surface area contributed by atoms with Crippen molar-refractivity contribution in [2.24, 2.45) is 0 Å². The second kappa shape index (κ2) is 3.50. The van der Waals surface area contributed by atoms with E-state index in [2.05, 4.69) is 0 Å². The molecule has 0 amide bonds. The highest BCUT2D eigenvalue weighted by Gasteiger charge is 2.00. The zero-order chi connectivity index (χ0) is 9.97. The minimum Gasteiger partial charge on any atom is -0.314 e. The van der Waals surface area contributed by atoms with E-state index in [1.54, 1.807) is 6.07 Å². The molecule has 1 heterocycles. The van der Waals surface area contributed by atoms with Crippen molar-refractivity contribution in [1.82, 2.24) is 4.57 Å². The Morgan fingerprint density at radius 2 is 1.86 bits per heavy atom. The molecule has 1 aromatic carbocycles. The Hall–Kier alpha value is -1.83. The summed E-state index contributed by atoms with van der Waals surface area (Å²) in [6, 6.07) is 11.7. The van der Waals surface area contributed by atoms with Crippen LogP contribution in [0.5, 0.6) is 0 Å². The molecule has 1 aromatic heterocycles. The Kier molecular flexibility index (Phi) is 2.19. The lowest BCUT2D eigenvalue weighted by Gasteiger charge is -2.04. The summed E-state index contributed by atoms with van der Waals surface area (Å²) in [7, 11) is 0. The first-order chi connectivity index (χ1) is 6.81. The molecule has 0 fully saturated rings. The van der Waals surface area contributed by atoms with Gasteiger partial charge in [0.05, 0.1) is 5.69 Å². The van der Waals surface area contributed by atoms with E-state index < -0.39 is 0 Å². The summed E-state index contributed by atoms with van der Waals surface area (Å²) in [4.78, 5) is 10.7. The van der Waals surface area contributed by atoms with Crippen LogP contribution in [0.4, 0.5) is 0 Å². The third-order valence-electron chi connectivity index (χ3n) is 2.21. The summed E-state index contributed by atoms with van der Waals surface area (Å²) in [6.45, 7) is 2.04. The lowest BCUT2D eigenvalue weighted by Crippen LogP contribution is -1.96. The van der Waals surface area contributed by atoms with Crippen LogP contribution in [0, 0.1) is 6.92 Å². The van der Waals surface area contributed by atoms with Crippen molar-refractivity contribution in [2.75, 3.05) is 0 Å². The van der Waals surface area contributed by atoms with Gasteiger partial charge in [-0.1, -0.05) is 17.7 Å². The molecular weight excluding hydrogens is 174 g/mol. The summed E-state index contributed by atoms with van der Waals surface area (Å²) < 4.78 is 1.87. The smallest absolute Gasteiger partial charge is 0.166 e. The second-order valence-corrected chi connectivity index (χ2v) is 3.26. The van der Waals surface area contributed by atoms with Crippen molar-refractivity contribution in [3.05, 3.63) is 53.9 Å². The van der Waals surface area contributed by atoms with Crippen molar-refractivity contribution in [1.29, 1.82) is 0 Å². The number of carbonyl (C=O) groups excluding carboxylic acids is 1. The molecule has 0 aliphatic heterocycles. The highest BCUT2D eigenvalue weighted by molar-refractivity contribution is 5.73. The van der Waals surface area contributed by atoms with E-state index in [0.29, 0.717) is 5.69 Å². The van der Waals surface area contributed by atoms with Gasteiger partial charge < -0.3 is 4.57 Å². The van der Waals surface area contributed by atoms with E-state index in [1.165, 1.54) is 5.56 Å². The first-order valence-corrected chi connectivity index (χ1v) is 4.51. The number of aromatic nitrogens is 1. The number of rotatable bonds is 2. The lowest BCUT2D eigenvalue weighted by atomic mass is 10.2. The summed E-state index contributed by atoms with van der Waals surface area (Å²) in [5, 5.41) is 0. The average Bonchev–Trinajstić information content (AvgIpc) is 2.67. The van der Waals surface area contributed by atoms with E-state index in [0.717, 1.165) is 12.0 Å². The van der Waals surface area contributed by atoms with Gasteiger partial charge in [0.15, 0.2) is 6.29 Å². The van der Waals surface area contributed by atoms with Crippen LogP contribution in [0.25, 0.3) is 5.69 Å². The van der Waals surface area contributed by atoms with Crippen molar-refractivity contribution >= 4 is 6.29 Å². The maximum absolute atomic E-state index is 10.7. The highest BCUT2D eigenvalue weighted by atomic mass is 16.1. The van der Waals surface area contributed by atoms with E-state index >= 15 is 0 Å². The molecule has 0 saturated heterocycles. The zero-order valence-corrected chi connectivity index (χ0v) is 7.97. The molecule has 2 heteroatoms. The van der Waals surface area contributed by atoms with Crippen molar-refractivity contribution in [2.45, 2.75) is 6.92 Å². The third-order valence-corrected chi connectivity index (χ3v) is 2.21. The van der Waals surface area contributed by atoms with Crippen LogP contribution in [0.2, 0.25) is 0 Å². The molecule has 0 aliphatic carbocycles. The molecule has 0 N–H and O–H groups in total. The Balaban J connectivity index is 2.49. The predicted molar refractivity (Wildman–Crippen MR) is 55.9 cm³/mol. The monoisotopic (exact) mass is 185 g/mol. The zero-order valence-electron chi connectivity index (χ0n) is 7.97. The van der Waals surface area contributed by atoms with Gasteiger partial charge in [-0.25, -0.2) is 0 Å². The van der Waals surface area contributed by atoms with Gasteiger partial charge in [-0.05, 0) is 31.2 Å². The first kappa shape index (κ1) is 8.75. The van der Waals surface area contributed by atoms with Crippen LogP contribution in [0.1, 0.15) is 16.1 Å². The normalized spacial score (nSPS) is 10.1. The van der Waals surface area contributed by atoms with E-state index in [-0.39, 0.29) is 0 Å². The average molecular weight is 185 g/mol. The van der Waals surface area contributed by atoms with Crippen LogP contribution in [-0.4, -0.2) is 10.9 Å². The minimum atomic E-state index is 0.675. The molecule has 0 radical (unpaired) electrons. The van der Waals surface area contributed by atoms with Gasteiger partial charge in [0, 0.05) is 11.9 Å².